The molecule has 3 aromatic rings. The van der Waals surface area contributed by atoms with E-state index in [2.05, 4.69) is 20.7 Å². The van der Waals surface area contributed by atoms with Crippen LogP contribution in [0.25, 0.3) is 11.4 Å². The van der Waals surface area contributed by atoms with Gasteiger partial charge in [-0.1, -0.05) is 41.4 Å². The molecule has 146 valence electrons. The molecule has 0 aliphatic heterocycles. The number of alkyl halides is 3. The van der Waals surface area contributed by atoms with Gasteiger partial charge in [-0.05, 0) is 36.4 Å². The number of amides is 1. The van der Waals surface area contributed by atoms with Crippen LogP contribution < -0.4 is 5.32 Å². The Hall–Kier alpha value is -2.65. The van der Waals surface area contributed by atoms with Crippen molar-refractivity contribution >= 4 is 34.8 Å². The third-order valence-corrected chi connectivity index (χ3v) is 4.63. The van der Waals surface area contributed by atoms with Crippen molar-refractivity contribution in [1.82, 2.24) is 20.2 Å². The van der Waals surface area contributed by atoms with Gasteiger partial charge in [0.15, 0.2) is 0 Å². The van der Waals surface area contributed by atoms with Gasteiger partial charge in [-0.2, -0.15) is 18.0 Å². The SMILES string of the molecule is CC(C(=O)Nc1cccc(Cl)c1Cl)n1nnc(-c2cccc(C(F)(F)F)c2)n1. The number of hydrogen-bond donors (Lipinski definition) is 1. The number of anilines is 1. The normalized spacial score (nSPS) is 12.6. The molecule has 11 heteroatoms. The van der Waals surface area contributed by atoms with Crippen LogP contribution in [0.1, 0.15) is 18.5 Å². The summed E-state index contributed by atoms with van der Waals surface area (Å²) >= 11 is 11.9. The van der Waals surface area contributed by atoms with Crippen molar-refractivity contribution in [3.8, 4) is 11.4 Å². The molecule has 1 heterocycles. The summed E-state index contributed by atoms with van der Waals surface area (Å²) in [6, 6.07) is 8.39. The molecular weight excluding hydrogens is 418 g/mol. The summed E-state index contributed by atoms with van der Waals surface area (Å²) in [4.78, 5) is 13.4. The molecule has 28 heavy (non-hydrogen) atoms. The predicted octanol–water partition coefficient (Wildman–Crippen LogP) is 4.87. The molecule has 1 N–H and O–H groups in total. The van der Waals surface area contributed by atoms with Gasteiger partial charge in [-0.15, -0.1) is 10.2 Å². The van der Waals surface area contributed by atoms with Crippen LogP contribution in [0, 0.1) is 0 Å². The molecule has 0 bridgehead atoms. The first-order chi connectivity index (χ1) is 13.2. The molecule has 0 saturated heterocycles. The van der Waals surface area contributed by atoms with Gasteiger partial charge in [-0.25, -0.2) is 0 Å². The van der Waals surface area contributed by atoms with Crippen LogP contribution in [-0.4, -0.2) is 26.1 Å². The minimum atomic E-state index is -4.49. The Morgan fingerprint density at radius 1 is 1.18 bits per heavy atom. The minimum Gasteiger partial charge on any atom is -0.323 e. The lowest BCUT2D eigenvalue weighted by atomic mass is 10.1. The molecule has 1 unspecified atom stereocenters. The van der Waals surface area contributed by atoms with Crippen LogP contribution >= 0.6 is 23.2 Å². The third kappa shape index (κ3) is 4.26. The Morgan fingerprint density at radius 2 is 1.89 bits per heavy atom. The molecule has 1 amide bonds. The molecular formula is C17H12Cl2F3N5O. The number of carbonyl (C=O) groups is 1. The van der Waals surface area contributed by atoms with Crippen LogP contribution in [0.15, 0.2) is 42.5 Å². The van der Waals surface area contributed by atoms with E-state index in [1.807, 2.05) is 0 Å². The first-order valence-electron chi connectivity index (χ1n) is 7.89. The van der Waals surface area contributed by atoms with E-state index < -0.39 is 23.7 Å². The van der Waals surface area contributed by atoms with E-state index in [0.717, 1.165) is 16.9 Å². The predicted molar refractivity (Wildman–Crippen MR) is 98.1 cm³/mol. The van der Waals surface area contributed by atoms with E-state index in [0.29, 0.717) is 5.69 Å². The lowest BCUT2D eigenvalue weighted by Crippen LogP contribution is -2.25. The summed E-state index contributed by atoms with van der Waals surface area (Å²) in [6.07, 6.45) is -4.49. The fraction of sp³-hybridized carbons (Fsp3) is 0.176. The highest BCUT2D eigenvalue weighted by molar-refractivity contribution is 6.44. The van der Waals surface area contributed by atoms with Gasteiger partial charge >= 0.3 is 6.18 Å². The highest BCUT2D eigenvalue weighted by atomic mass is 35.5. The van der Waals surface area contributed by atoms with E-state index in [4.69, 9.17) is 23.2 Å². The van der Waals surface area contributed by atoms with Crippen LogP contribution in [0.2, 0.25) is 10.0 Å². The molecule has 0 spiro atoms. The molecule has 1 atom stereocenters. The molecule has 1 aromatic heterocycles. The molecule has 0 aliphatic carbocycles. The fourth-order valence-corrected chi connectivity index (χ4v) is 2.63. The number of carbonyl (C=O) groups excluding carboxylic acids is 1. The molecule has 0 saturated carbocycles. The first kappa shape index (κ1) is 20.1. The zero-order chi connectivity index (χ0) is 20.5. The Labute approximate surface area is 167 Å². The van der Waals surface area contributed by atoms with E-state index in [-0.39, 0.29) is 21.4 Å². The highest BCUT2D eigenvalue weighted by Gasteiger charge is 2.31. The fourth-order valence-electron chi connectivity index (χ4n) is 2.28. The van der Waals surface area contributed by atoms with Crippen molar-refractivity contribution in [2.24, 2.45) is 0 Å². The summed E-state index contributed by atoms with van der Waals surface area (Å²) in [5.41, 5.74) is -0.390. The molecule has 0 aliphatic rings. The van der Waals surface area contributed by atoms with Gasteiger partial charge in [0.05, 0.1) is 21.3 Å². The quantitative estimate of drug-likeness (QED) is 0.642. The molecule has 3 rings (SSSR count). The average Bonchev–Trinajstić information content (AvgIpc) is 3.14. The second-order valence-corrected chi connectivity index (χ2v) is 6.56. The summed E-state index contributed by atoms with van der Waals surface area (Å²) < 4.78 is 38.6. The minimum absolute atomic E-state index is 0.0356. The summed E-state index contributed by atoms with van der Waals surface area (Å²) in [6.45, 7) is 1.51. The number of benzene rings is 2. The van der Waals surface area contributed by atoms with E-state index in [1.54, 1.807) is 18.2 Å². The standard InChI is InChI=1S/C17H12Cl2F3N5O/c1-9(16(28)23-13-7-3-6-12(18)14(13)19)27-25-15(24-26-27)10-4-2-5-11(8-10)17(20,21)22/h2-9H,1H3,(H,23,28). The zero-order valence-corrected chi connectivity index (χ0v) is 15.7. The van der Waals surface area contributed by atoms with Crippen molar-refractivity contribution in [3.63, 3.8) is 0 Å². The van der Waals surface area contributed by atoms with Gasteiger partial charge in [0.1, 0.15) is 6.04 Å². The van der Waals surface area contributed by atoms with Gasteiger partial charge in [0.2, 0.25) is 5.82 Å². The Balaban J connectivity index is 1.80. The van der Waals surface area contributed by atoms with Gasteiger partial charge in [0.25, 0.3) is 5.91 Å². The molecule has 0 radical (unpaired) electrons. The van der Waals surface area contributed by atoms with Gasteiger partial charge < -0.3 is 5.32 Å². The van der Waals surface area contributed by atoms with Crippen molar-refractivity contribution in [1.29, 1.82) is 0 Å². The number of halogens is 5. The number of nitrogens with one attached hydrogen (secondary N) is 1. The Morgan fingerprint density at radius 3 is 2.61 bits per heavy atom. The first-order valence-corrected chi connectivity index (χ1v) is 8.64. The lowest BCUT2D eigenvalue weighted by Gasteiger charge is -2.12. The largest absolute Gasteiger partial charge is 0.416 e. The summed E-state index contributed by atoms with van der Waals surface area (Å²) in [7, 11) is 0. The Bertz CT molecular complexity index is 1020. The van der Waals surface area contributed by atoms with Crippen molar-refractivity contribution in [2.75, 3.05) is 5.32 Å². The summed E-state index contributed by atoms with van der Waals surface area (Å²) in [5, 5.41) is 14.6. The maximum Gasteiger partial charge on any atom is 0.416 e. The number of tetrazole rings is 1. The highest BCUT2D eigenvalue weighted by Crippen LogP contribution is 2.32. The molecule has 0 fully saturated rings. The number of nitrogens with zero attached hydrogens (tertiary/aromatic N) is 4. The van der Waals surface area contributed by atoms with E-state index >= 15 is 0 Å². The smallest absolute Gasteiger partial charge is 0.323 e. The maximum atomic E-state index is 12.9. The number of aromatic nitrogens is 4. The van der Waals surface area contributed by atoms with Crippen molar-refractivity contribution < 1.29 is 18.0 Å². The maximum absolute atomic E-state index is 12.9. The molecule has 6 nitrogen and oxygen atoms in total. The Kier molecular flexibility index (Phi) is 5.57. The topological polar surface area (TPSA) is 72.7 Å². The monoisotopic (exact) mass is 429 g/mol. The van der Waals surface area contributed by atoms with Crippen LogP contribution in [0.5, 0.6) is 0 Å². The van der Waals surface area contributed by atoms with Crippen molar-refractivity contribution in [2.45, 2.75) is 19.1 Å². The number of rotatable bonds is 4. The van der Waals surface area contributed by atoms with Crippen molar-refractivity contribution in [3.05, 3.63) is 58.1 Å². The van der Waals surface area contributed by atoms with Gasteiger partial charge in [0, 0.05) is 5.56 Å². The number of hydrogen-bond acceptors (Lipinski definition) is 4. The van der Waals surface area contributed by atoms with Crippen LogP contribution in [-0.2, 0) is 11.0 Å². The summed E-state index contributed by atoms with van der Waals surface area (Å²) in [5.74, 6) is -0.538. The van der Waals surface area contributed by atoms with Crippen LogP contribution in [0.3, 0.4) is 0 Å². The third-order valence-electron chi connectivity index (χ3n) is 3.81. The second kappa shape index (κ2) is 7.76. The molecule has 2 aromatic carbocycles. The lowest BCUT2D eigenvalue weighted by molar-refractivity contribution is -0.137. The van der Waals surface area contributed by atoms with E-state index in [9.17, 15) is 18.0 Å². The van der Waals surface area contributed by atoms with Crippen LogP contribution in [0.4, 0.5) is 18.9 Å². The van der Waals surface area contributed by atoms with Gasteiger partial charge in [-0.3, -0.25) is 4.79 Å². The average molecular weight is 430 g/mol. The second-order valence-electron chi connectivity index (χ2n) is 5.78. The van der Waals surface area contributed by atoms with E-state index in [1.165, 1.54) is 19.1 Å². The zero-order valence-electron chi connectivity index (χ0n) is 14.2.